The fraction of sp³-hybridized carbons (Fsp3) is 0.636. The average molecular weight is 274 g/mol. The molecule has 0 bridgehead atoms. The van der Waals surface area contributed by atoms with E-state index < -0.39 is 0 Å². The summed E-state index contributed by atoms with van der Waals surface area (Å²) in [5, 5.41) is 0. The highest BCUT2D eigenvalue weighted by atomic mass is 79.9. The summed E-state index contributed by atoms with van der Waals surface area (Å²) in [6.45, 7) is 2.14. The Morgan fingerprint density at radius 2 is 2.14 bits per heavy atom. The van der Waals surface area contributed by atoms with Crippen LogP contribution in [-0.4, -0.2) is 0 Å². The van der Waals surface area contributed by atoms with Crippen molar-refractivity contribution in [2.45, 2.75) is 38.6 Å². The van der Waals surface area contributed by atoms with Crippen LogP contribution in [0, 0.1) is 12.8 Å². The summed E-state index contributed by atoms with van der Waals surface area (Å²) in [6, 6.07) is 2.47. The molecule has 2 rings (SSSR count). The lowest BCUT2D eigenvalue weighted by Gasteiger charge is -2.16. The van der Waals surface area contributed by atoms with Crippen molar-refractivity contribution in [1.29, 1.82) is 0 Å². The summed E-state index contributed by atoms with van der Waals surface area (Å²) in [5.41, 5.74) is 6.27. The van der Waals surface area contributed by atoms with Gasteiger partial charge in [-0.1, -0.05) is 12.8 Å². The van der Waals surface area contributed by atoms with E-state index >= 15 is 0 Å². The molecule has 1 fully saturated rings. The molecule has 1 aliphatic carbocycles. The first kappa shape index (κ1) is 10.7. The molecule has 0 aromatic carbocycles. The first-order valence-corrected chi connectivity index (χ1v) is 6.81. The second-order valence-electron chi connectivity index (χ2n) is 4.12. The van der Waals surface area contributed by atoms with E-state index in [0.29, 0.717) is 0 Å². The van der Waals surface area contributed by atoms with Crippen molar-refractivity contribution in [2.24, 2.45) is 11.7 Å². The summed E-state index contributed by atoms with van der Waals surface area (Å²) in [4.78, 5) is 2.69. The summed E-state index contributed by atoms with van der Waals surface area (Å²) in [7, 11) is 0. The summed E-state index contributed by atoms with van der Waals surface area (Å²) in [5.74, 6) is 0.722. The van der Waals surface area contributed by atoms with Gasteiger partial charge in [-0.25, -0.2) is 0 Å². The molecular formula is C11H16BrNS. The molecule has 0 aliphatic heterocycles. The molecule has 1 unspecified atom stereocenters. The van der Waals surface area contributed by atoms with Crippen molar-refractivity contribution in [2.75, 3.05) is 0 Å². The van der Waals surface area contributed by atoms with E-state index in [4.69, 9.17) is 5.73 Å². The van der Waals surface area contributed by atoms with Gasteiger partial charge in [0, 0.05) is 20.3 Å². The maximum absolute atomic E-state index is 6.27. The van der Waals surface area contributed by atoms with Crippen LogP contribution in [0.15, 0.2) is 10.5 Å². The SMILES string of the molecule is Cc1sc(C(N)C2CCCC2)cc1Br. The zero-order chi connectivity index (χ0) is 10.1. The van der Waals surface area contributed by atoms with Gasteiger partial charge in [0.1, 0.15) is 0 Å². The van der Waals surface area contributed by atoms with Crippen molar-refractivity contribution >= 4 is 27.3 Å². The summed E-state index contributed by atoms with van der Waals surface area (Å²) >= 11 is 5.39. The van der Waals surface area contributed by atoms with Gasteiger partial charge in [0.2, 0.25) is 0 Å². The average Bonchev–Trinajstić information content (AvgIpc) is 2.76. The molecule has 1 saturated carbocycles. The third kappa shape index (κ3) is 2.05. The molecule has 1 atom stereocenters. The molecule has 0 saturated heterocycles. The van der Waals surface area contributed by atoms with Crippen LogP contribution in [0.5, 0.6) is 0 Å². The number of aryl methyl sites for hydroxylation is 1. The number of thiophene rings is 1. The van der Waals surface area contributed by atoms with Gasteiger partial charge in [-0.15, -0.1) is 11.3 Å². The quantitative estimate of drug-likeness (QED) is 0.866. The Balaban J connectivity index is 2.13. The molecule has 1 aromatic heterocycles. The molecule has 1 aliphatic rings. The molecule has 0 radical (unpaired) electrons. The van der Waals surface area contributed by atoms with E-state index in [-0.39, 0.29) is 6.04 Å². The lowest BCUT2D eigenvalue weighted by Crippen LogP contribution is -2.17. The van der Waals surface area contributed by atoms with Gasteiger partial charge >= 0.3 is 0 Å². The molecule has 1 aromatic rings. The highest BCUT2D eigenvalue weighted by Crippen LogP contribution is 2.38. The van der Waals surface area contributed by atoms with Crippen LogP contribution >= 0.6 is 27.3 Å². The molecular weight excluding hydrogens is 258 g/mol. The van der Waals surface area contributed by atoms with Crippen LogP contribution < -0.4 is 5.73 Å². The topological polar surface area (TPSA) is 26.0 Å². The predicted octanol–water partition coefficient (Wildman–Crippen LogP) is 4.01. The largest absolute Gasteiger partial charge is 0.323 e. The summed E-state index contributed by atoms with van der Waals surface area (Å²) < 4.78 is 1.21. The van der Waals surface area contributed by atoms with Gasteiger partial charge in [0.05, 0.1) is 0 Å². The second kappa shape index (κ2) is 4.33. The Labute approximate surface area is 97.8 Å². The van der Waals surface area contributed by atoms with Gasteiger partial charge in [0.25, 0.3) is 0 Å². The lowest BCUT2D eigenvalue weighted by molar-refractivity contribution is 0.450. The van der Waals surface area contributed by atoms with Crippen molar-refractivity contribution in [1.82, 2.24) is 0 Å². The zero-order valence-corrected chi connectivity index (χ0v) is 10.8. The van der Waals surface area contributed by atoms with Crippen molar-refractivity contribution in [3.63, 3.8) is 0 Å². The normalized spacial score (nSPS) is 20.2. The molecule has 0 amide bonds. The van der Waals surface area contributed by atoms with Crippen molar-refractivity contribution < 1.29 is 0 Å². The van der Waals surface area contributed by atoms with Gasteiger partial charge < -0.3 is 5.73 Å². The van der Waals surface area contributed by atoms with Gasteiger partial charge in [-0.3, -0.25) is 0 Å². The molecule has 1 heterocycles. The smallest absolute Gasteiger partial charge is 0.0418 e. The summed E-state index contributed by atoms with van der Waals surface area (Å²) in [6.07, 6.45) is 5.36. The minimum atomic E-state index is 0.271. The van der Waals surface area contributed by atoms with E-state index in [9.17, 15) is 0 Å². The Hall–Kier alpha value is 0.140. The van der Waals surface area contributed by atoms with Gasteiger partial charge in [-0.05, 0) is 47.7 Å². The minimum absolute atomic E-state index is 0.271. The van der Waals surface area contributed by atoms with E-state index in [1.54, 1.807) is 0 Å². The fourth-order valence-corrected chi connectivity index (χ4v) is 3.85. The van der Waals surface area contributed by atoms with E-state index in [2.05, 4.69) is 28.9 Å². The number of hydrogen-bond donors (Lipinski definition) is 1. The molecule has 1 nitrogen and oxygen atoms in total. The first-order chi connectivity index (χ1) is 6.68. The molecule has 0 spiro atoms. The van der Waals surface area contributed by atoms with Gasteiger partial charge in [-0.2, -0.15) is 0 Å². The van der Waals surface area contributed by atoms with Crippen molar-refractivity contribution in [3.05, 3.63) is 20.3 Å². The molecule has 2 N–H and O–H groups in total. The predicted molar refractivity (Wildman–Crippen MR) is 65.6 cm³/mol. The second-order valence-corrected chi connectivity index (χ2v) is 6.27. The highest BCUT2D eigenvalue weighted by Gasteiger charge is 2.24. The maximum atomic E-state index is 6.27. The fourth-order valence-electron chi connectivity index (χ4n) is 2.19. The lowest BCUT2D eigenvalue weighted by atomic mass is 9.98. The van der Waals surface area contributed by atoms with Crippen LogP contribution in [0.3, 0.4) is 0 Å². The Morgan fingerprint density at radius 3 is 2.64 bits per heavy atom. The third-order valence-corrected chi connectivity index (χ3v) is 5.35. The van der Waals surface area contributed by atoms with E-state index in [1.807, 2.05) is 11.3 Å². The Morgan fingerprint density at radius 1 is 1.50 bits per heavy atom. The van der Waals surface area contributed by atoms with Crippen LogP contribution in [-0.2, 0) is 0 Å². The Bertz CT molecular complexity index is 296. The monoisotopic (exact) mass is 273 g/mol. The van der Waals surface area contributed by atoms with Crippen LogP contribution in [0.4, 0.5) is 0 Å². The van der Waals surface area contributed by atoms with Crippen LogP contribution in [0.2, 0.25) is 0 Å². The van der Waals surface area contributed by atoms with Crippen LogP contribution in [0.1, 0.15) is 41.5 Å². The highest BCUT2D eigenvalue weighted by molar-refractivity contribution is 9.10. The third-order valence-electron chi connectivity index (χ3n) is 3.11. The number of halogens is 1. The minimum Gasteiger partial charge on any atom is -0.323 e. The van der Waals surface area contributed by atoms with E-state index in [1.165, 1.54) is 39.9 Å². The van der Waals surface area contributed by atoms with Crippen LogP contribution in [0.25, 0.3) is 0 Å². The maximum Gasteiger partial charge on any atom is 0.0418 e. The number of rotatable bonds is 2. The Kier molecular flexibility index (Phi) is 3.30. The zero-order valence-electron chi connectivity index (χ0n) is 8.42. The van der Waals surface area contributed by atoms with E-state index in [0.717, 1.165) is 5.92 Å². The number of nitrogens with two attached hydrogens (primary N) is 1. The number of hydrogen-bond acceptors (Lipinski definition) is 2. The molecule has 14 heavy (non-hydrogen) atoms. The molecule has 3 heteroatoms. The standard InChI is InChI=1S/C11H16BrNS/c1-7-9(12)6-10(14-7)11(13)8-4-2-3-5-8/h6,8,11H,2-5,13H2,1H3. The molecule has 78 valence electrons. The van der Waals surface area contributed by atoms with Gasteiger partial charge in [0.15, 0.2) is 0 Å². The first-order valence-electron chi connectivity index (χ1n) is 5.20. The van der Waals surface area contributed by atoms with Crippen molar-refractivity contribution in [3.8, 4) is 0 Å².